The maximum absolute atomic E-state index is 15.0. The van der Waals surface area contributed by atoms with Gasteiger partial charge in [0, 0.05) is 30.4 Å². The van der Waals surface area contributed by atoms with Crippen molar-refractivity contribution in [3.8, 4) is 0 Å². The number of hydrogen-bond donors (Lipinski definition) is 3. The van der Waals surface area contributed by atoms with Crippen LogP contribution in [0.15, 0.2) is 47.6 Å². The molecule has 2 aromatic carbocycles. The Kier molecular flexibility index (Phi) is 9.24. The van der Waals surface area contributed by atoms with Gasteiger partial charge in [0.15, 0.2) is 0 Å². The third-order valence-corrected chi connectivity index (χ3v) is 7.70. The average Bonchev–Trinajstić information content (AvgIpc) is 3.23. The van der Waals surface area contributed by atoms with Crippen molar-refractivity contribution in [2.45, 2.75) is 63.3 Å². The van der Waals surface area contributed by atoms with Gasteiger partial charge in [0.1, 0.15) is 28.0 Å². The van der Waals surface area contributed by atoms with E-state index in [0.717, 1.165) is 0 Å². The Balaban J connectivity index is 1.59. The van der Waals surface area contributed by atoms with Crippen molar-refractivity contribution in [2.24, 2.45) is 11.0 Å². The summed E-state index contributed by atoms with van der Waals surface area (Å²) in [5, 5.41) is 16.4. The number of hydrogen-bond acceptors (Lipinski definition) is 6. The highest BCUT2D eigenvalue weighted by Crippen LogP contribution is 2.37. The van der Waals surface area contributed by atoms with Gasteiger partial charge in [-0.25, -0.2) is 13.6 Å². The number of nitrogens with zero attached hydrogens (tertiary/aromatic N) is 3. The summed E-state index contributed by atoms with van der Waals surface area (Å²) in [7, 11) is 0. The van der Waals surface area contributed by atoms with Crippen LogP contribution in [0.2, 0.25) is 0 Å². The fourth-order valence-corrected chi connectivity index (χ4v) is 5.75. The monoisotopic (exact) mass is 558 g/mol. The van der Waals surface area contributed by atoms with Crippen molar-refractivity contribution in [1.82, 2.24) is 9.81 Å². The van der Waals surface area contributed by atoms with Crippen molar-refractivity contribution in [2.75, 3.05) is 25.1 Å². The predicted octanol–water partition coefficient (Wildman–Crippen LogP) is 5.08. The molecular weight excluding hydrogens is 524 g/mol. The molecule has 2 fully saturated rings. The summed E-state index contributed by atoms with van der Waals surface area (Å²) in [6, 6.07) is 8.52. The number of carboxylic acid groups (broad SMARTS) is 1. The van der Waals surface area contributed by atoms with Gasteiger partial charge in [-0.3, -0.25) is 9.69 Å². The number of benzene rings is 2. The van der Waals surface area contributed by atoms with Crippen molar-refractivity contribution in [1.29, 1.82) is 5.53 Å². The van der Waals surface area contributed by atoms with Crippen LogP contribution in [0.4, 0.5) is 19.3 Å². The van der Waals surface area contributed by atoms with Crippen molar-refractivity contribution in [3.63, 3.8) is 0 Å². The lowest BCUT2D eigenvalue weighted by Gasteiger charge is -2.32. The number of anilines is 1. The second kappa shape index (κ2) is 12.6. The van der Waals surface area contributed by atoms with Crippen molar-refractivity contribution < 1.29 is 33.0 Å². The van der Waals surface area contributed by atoms with Crippen LogP contribution in [0.3, 0.4) is 0 Å². The second-order valence-electron chi connectivity index (χ2n) is 10.5. The molecule has 10 nitrogen and oxygen atoms in total. The third-order valence-electron chi connectivity index (χ3n) is 7.70. The second-order valence-corrected chi connectivity index (χ2v) is 10.5. The average molecular weight is 559 g/mol. The van der Waals surface area contributed by atoms with E-state index in [9.17, 15) is 19.1 Å². The molecule has 4 rings (SSSR count). The topological polar surface area (TPSA) is 138 Å². The molecule has 40 heavy (non-hydrogen) atoms. The Morgan fingerprint density at radius 2 is 1.90 bits per heavy atom. The fraction of sp³-hybridized carbons (Fsp3) is 0.500. The van der Waals surface area contributed by atoms with Gasteiger partial charge in [-0.1, -0.05) is 18.2 Å². The van der Waals surface area contributed by atoms with Crippen LogP contribution in [0.5, 0.6) is 0 Å². The molecule has 0 spiro atoms. The molecule has 2 aliphatic rings. The zero-order valence-corrected chi connectivity index (χ0v) is 22.5. The predicted molar refractivity (Wildman–Crippen MR) is 141 cm³/mol. The van der Waals surface area contributed by atoms with Gasteiger partial charge >= 0.3 is 6.09 Å². The van der Waals surface area contributed by atoms with E-state index in [1.807, 2.05) is 0 Å². The molecule has 0 aliphatic carbocycles. The van der Waals surface area contributed by atoms with Crippen LogP contribution in [-0.2, 0) is 20.7 Å². The Hall–Kier alpha value is -3.73. The number of carbonyl (C=O) groups is 2. The summed E-state index contributed by atoms with van der Waals surface area (Å²) in [4.78, 5) is 29.9. The Morgan fingerprint density at radius 3 is 2.55 bits per heavy atom. The SMILES string of the molecule is CC1(C)OCC(CCc2c(F)cccc2NC(=O)[C@@H](N=[N+]=N)[C@@H](c2ccc(F)cc2)C2CCOCC2)N1C(=O)O. The van der Waals surface area contributed by atoms with E-state index < -0.39 is 47.4 Å². The molecular formula is C28H34F2N5O5+. The van der Waals surface area contributed by atoms with E-state index >= 15 is 4.39 Å². The zero-order valence-electron chi connectivity index (χ0n) is 22.5. The van der Waals surface area contributed by atoms with Gasteiger partial charge < -0.3 is 19.9 Å². The fourth-order valence-electron chi connectivity index (χ4n) is 5.75. The van der Waals surface area contributed by atoms with Gasteiger partial charge in [0.2, 0.25) is 11.0 Å². The Morgan fingerprint density at radius 1 is 1.20 bits per heavy atom. The normalized spacial score (nSPS) is 20.4. The highest BCUT2D eigenvalue weighted by Gasteiger charge is 2.44. The third kappa shape index (κ3) is 6.52. The number of ether oxygens (including phenoxy) is 2. The first-order valence-corrected chi connectivity index (χ1v) is 13.3. The van der Waals surface area contributed by atoms with Crippen LogP contribution >= 0.6 is 0 Å². The quantitative estimate of drug-likeness (QED) is 0.291. The van der Waals surface area contributed by atoms with Gasteiger partial charge in [-0.2, -0.15) is 0 Å². The molecule has 3 N–H and O–H groups in total. The van der Waals surface area contributed by atoms with E-state index in [2.05, 4.69) is 15.3 Å². The van der Waals surface area contributed by atoms with Gasteiger partial charge in [0.25, 0.3) is 5.91 Å². The summed E-state index contributed by atoms with van der Waals surface area (Å²) in [5.74, 6) is -2.10. The first kappa shape index (κ1) is 29.3. The van der Waals surface area contributed by atoms with Crippen LogP contribution in [0, 0.1) is 23.1 Å². The summed E-state index contributed by atoms with van der Waals surface area (Å²) in [6.45, 7) is 4.49. The molecule has 0 saturated carbocycles. The minimum atomic E-state index is -1.13. The molecule has 0 radical (unpaired) electrons. The highest BCUT2D eigenvalue weighted by molar-refractivity contribution is 5.96. The molecule has 2 heterocycles. The Bertz CT molecular complexity index is 1260. The Labute approximate surface area is 230 Å². The number of amides is 2. The molecule has 214 valence electrons. The number of nitrogens with one attached hydrogen (secondary N) is 2. The highest BCUT2D eigenvalue weighted by atomic mass is 19.1. The lowest BCUT2D eigenvalue weighted by molar-refractivity contribution is -0.118. The molecule has 2 aliphatic heterocycles. The van der Waals surface area contributed by atoms with E-state index in [0.29, 0.717) is 31.6 Å². The molecule has 2 amide bonds. The van der Waals surface area contributed by atoms with Crippen LogP contribution in [-0.4, -0.2) is 59.6 Å². The maximum Gasteiger partial charge on any atom is 0.409 e. The maximum atomic E-state index is 15.0. The molecule has 0 aromatic heterocycles. The molecule has 1 unspecified atom stereocenters. The van der Waals surface area contributed by atoms with Gasteiger partial charge in [0.05, 0.1) is 12.6 Å². The largest absolute Gasteiger partial charge is 0.465 e. The van der Waals surface area contributed by atoms with E-state index in [4.69, 9.17) is 15.0 Å². The van der Waals surface area contributed by atoms with Crippen molar-refractivity contribution in [3.05, 3.63) is 65.2 Å². The minimum absolute atomic E-state index is 0.0415. The molecule has 2 aromatic rings. The smallest absolute Gasteiger partial charge is 0.409 e. The summed E-state index contributed by atoms with van der Waals surface area (Å²) < 4.78 is 39.9. The van der Waals surface area contributed by atoms with Crippen LogP contribution in [0.1, 0.15) is 50.2 Å². The first-order chi connectivity index (χ1) is 19.1. The summed E-state index contributed by atoms with van der Waals surface area (Å²) >= 11 is 0. The van der Waals surface area contributed by atoms with Crippen LogP contribution in [0.25, 0.3) is 0 Å². The van der Waals surface area contributed by atoms with Crippen LogP contribution < -0.4 is 10.2 Å². The van der Waals surface area contributed by atoms with Crippen molar-refractivity contribution >= 4 is 17.7 Å². The standard InChI is InChI=1S/C28H33F2N5O5/c1-28(2)35(27(37)38)20(16-40-28)10-11-21-22(30)4-3-5-23(21)32-26(36)25(33-34-31)24(18-12-14-39-15-13-18)17-6-8-19(29)9-7-17/h3-9,18,20,24-25,31H,10-16H2,1-2H3,(H-,32,36,37,38)/p+1/t20?,24-,25-/m0/s1. The summed E-state index contributed by atoms with van der Waals surface area (Å²) in [6.07, 6.45) is 0.574. The number of carbonyl (C=O) groups excluding carboxylic acids is 1. The lowest BCUT2D eigenvalue weighted by atomic mass is 9.76. The van der Waals surface area contributed by atoms with E-state index in [1.165, 1.54) is 29.2 Å². The summed E-state index contributed by atoms with van der Waals surface area (Å²) in [5.41, 5.74) is 7.52. The lowest BCUT2D eigenvalue weighted by Crippen LogP contribution is -2.47. The number of halogens is 2. The van der Waals surface area contributed by atoms with Gasteiger partial charge in [-0.05, 0) is 75.3 Å². The molecule has 12 heteroatoms. The zero-order chi connectivity index (χ0) is 28.9. The van der Waals surface area contributed by atoms with E-state index in [-0.39, 0.29) is 36.6 Å². The van der Waals surface area contributed by atoms with Gasteiger partial charge in [-0.15, -0.1) is 0 Å². The molecule has 0 bridgehead atoms. The molecule has 2 saturated heterocycles. The number of rotatable bonds is 9. The first-order valence-electron chi connectivity index (χ1n) is 13.3. The molecule has 3 atom stereocenters. The van der Waals surface area contributed by atoms with E-state index in [1.54, 1.807) is 32.0 Å². The minimum Gasteiger partial charge on any atom is -0.465 e.